The Morgan fingerprint density at radius 3 is 2.22 bits per heavy atom. The summed E-state index contributed by atoms with van der Waals surface area (Å²) < 4.78 is 28.0. The summed E-state index contributed by atoms with van der Waals surface area (Å²) in [6.07, 6.45) is 0.410. The zero-order valence-electron chi connectivity index (χ0n) is 19.2. The fourth-order valence-corrected chi connectivity index (χ4v) is 4.20. The predicted molar refractivity (Wildman–Crippen MR) is 126 cm³/mol. The minimum Gasteiger partial charge on any atom is -0.446 e. The summed E-state index contributed by atoms with van der Waals surface area (Å²) in [5.41, 5.74) is -3.88. The fraction of sp³-hybridized carbons (Fsp3) is 0.231. The van der Waals surface area contributed by atoms with Crippen molar-refractivity contribution in [3.8, 4) is 0 Å². The van der Waals surface area contributed by atoms with Crippen molar-refractivity contribution in [3.05, 3.63) is 118 Å². The summed E-state index contributed by atoms with van der Waals surface area (Å²) in [6.45, 7) is 3.88. The highest BCUT2D eigenvalue weighted by Gasteiger charge is 2.65. The van der Waals surface area contributed by atoms with E-state index in [0.29, 0.717) is 4.57 Å². The Bertz CT molecular complexity index is 1420. The maximum absolute atomic E-state index is 15.7. The minimum absolute atomic E-state index is 0.0656. The van der Waals surface area contributed by atoms with Crippen molar-refractivity contribution in [2.75, 3.05) is 6.61 Å². The molecule has 186 valence electrons. The topological polar surface area (TPSA) is 117 Å². The van der Waals surface area contributed by atoms with Gasteiger partial charge in [0.15, 0.2) is 11.8 Å². The van der Waals surface area contributed by atoms with Crippen molar-refractivity contribution in [3.63, 3.8) is 0 Å². The lowest BCUT2D eigenvalue weighted by Crippen LogP contribution is -2.50. The van der Waals surface area contributed by atoms with Gasteiger partial charge in [0.05, 0.1) is 11.5 Å². The van der Waals surface area contributed by atoms with Crippen molar-refractivity contribution >= 4 is 11.9 Å². The van der Waals surface area contributed by atoms with Crippen molar-refractivity contribution in [2.45, 2.75) is 24.6 Å². The molecule has 4 atom stereocenters. The van der Waals surface area contributed by atoms with Crippen LogP contribution in [0.4, 0.5) is 4.39 Å². The molecule has 1 fully saturated rings. The minimum atomic E-state index is -2.75. The summed E-state index contributed by atoms with van der Waals surface area (Å²) >= 11 is 0. The Balaban J connectivity index is 1.87. The number of esters is 1. The van der Waals surface area contributed by atoms with E-state index in [0.717, 1.165) is 22.9 Å². The molecule has 0 aliphatic carbocycles. The number of ether oxygens (including phenoxy) is 2. The van der Waals surface area contributed by atoms with E-state index < -0.39 is 53.3 Å². The first kappa shape index (κ1) is 25.0. The third kappa shape index (κ3) is 4.00. The first-order chi connectivity index (χ1) is 17.2. The highest BCUT2D eigenvalue weighted by atomic mass is 19.2. The Kier molecular flexibility index (Phi) is 6.57. The summed E-state index contributed by atoms with van der Waals surface area (Å²) in [4.78, 5) is 51.9. The van der Waals surface area contributed by atoms with Gasteiger partial charge in [-0.1, -0.05) is 49.9 Å². The summed E-state index contributed by atoms with van der Waals surface area (Å²) in [6, 6.07) is 16.4. The largest absolute Gasteiger partial charge is 0.446 e. The molecule has 3 aromatic rings. The number of benzene rings is 2. The third-order valence-electron chi connectivity index (χ3n) is 6.32. The number of aliphatic hydroxyl groups excluding tert-OH is 1. The quantitative estimate of drug-likeness (QED) is 0.413. The van der Waals surface area contributed by atoms with Gasteiger partial charge in [0.1, 0.15) is 6.61 Å². The van der Waals surface area contributed by atoms with Crippen LogP contribution in [-0.2, 0) is 9.47 Å². The number of nitrogens with zero attached hydrogens (tertiary/aromatic N) is 2. The molecule has 2 heterocycles. The van der Waals surface area contributed by atoms with Gasteiger partial charge < -0.3 is 14.6 Å². The molecule has 0 radical (unpaired) electrons. The average molecular weight is 494 g/mol. The molecular weight excluding hydrogens is 471 g/mol. The molecule has 0 spiro atoms. The van der Waals surface area contributed by atoms with Crippen LogP contribution in [0.5, 0.6) is 0 Å². The van der Waals surface area contributed by atoms with Gasteiger partial charge in [-0.05, 0) is 30.3 Å². The number of carbonyl (C=O) groups excluding carboxylic acids is 2. The highest BCUT2D eigenvalue weighted by molar-refractivity contribution is 5.95. The van der Waals surface area contributed by atoms with Gasteiger partial charge in [-0.15, -0.1) is 0 Å². The van der Waals surface area contributed by atoms with E-state index in [1.165, 1.54) is 31.2 Å². The van der Waals surface area contributed by atoms with Crippen molar-refractivity contribution in [1.29, 1.82) is 0 Å². The molecule has 0 saturated carbocycles. The molecule has 2 aromatic carbocycles. The second-order valence-corrected chi connectivity index (χ2v) is 8.30. The van der Waals surface area contributed by atoms with E-state index >= 15 is 4.39 Å². The van der Waals surface area contributed by atoms with E-state index in [2.05, 4.69) is 6.58 Å². The molecule has 0 amide bonds. The number of aromatic nitrogens is 2. The normalized spacial score (nSPS) is 25.3. The third-order valence-corrected chi connectivity index (χ3v) is 6.32. The van der Waals surface area contributed by atoms with E-state index in [4.69, 9.17) is 9.47 Å². The maximum atomic E-state index is 15.7. The van der Waals surface area contributed by atoms with Gasteiger partial charge in [0.2, 0.25) is 5.85 Å². The molecule has 9 nitrogen and oxygen atoms in total. The van der Waals surface area contributed by atoms with E-state index in [1.54, 1.807) is 36.4 Å². The standard InChI is InChI=1S/C26H23FN2O7/c1-3-25(35-22(33)19-12-8-5-9-13-19)17(2)26(27,16-30)36-23(25)28-15-14-20(31)29(24(28)34)21(32)18-10-6-4-7-11-18/h3-15,17,23,30H,1,16H2,2H3/t17-,23+,25+,26+/m0/s1. The van der Waals surface area contributed by atoms with Crippen molar-refractivity contribution < 1.29 is 28.6 Å². The molecule has 1 aliphatic heterocycles. The molecule has 10 heteroatoms. The van der Waals surface area contributed by atoms with E-state index in [1.807, 2.05) is 0 Å². The molecule has 4 rings (SSSR count). The maximum Gasteiger partial charge on any atom is 0.340 e. The van der Waals surface area contributed by atoms with Gasteiger partial charge in [-0.25, -0.2) is 14.0 Å². The zero-order chi connectivity index (χ0) is 26.1. The number of aliphatic hydroxyl groups is 1. The van der Waals surface area contributed by atoms with Crippen LogP contribution in [0.2, 0.25) is 0 Å². The predicted octanol–water partition coefficient (Wildman–Crippen LogP) is 2.30. The van der Waals surface area contributed by atoms with Crippen LogP contribution in [0.25, 0.3) is 0 Å². The molecule has 0 unspecified atom stereocenters. The van der Waals surface area contributed by atoms with Gasteiger partial charge in [0.25, 0.3) is 11.5 Å². The number of carbonyl (C=O) groups is 2. The lowest BCUT2D eigenvalue weighted by molar-refractivity contribution is -0.193. The van der Waals surface area contributed by atoms with Crippen LogP contribution in [0.15, 0.2) is 95.2 Å². The summed E-state index contributed by atoms with van der Waals surface area (Å²) in [7, 11) is 0. The first-order valence-electron chi connectivity index (χ1n) is 11.0. The summed E-state index contributed by atoms with van der Waals surface area (Å²) in [5.74, 6) is -5.87. The Hall–Kier alpha value is -4.15. The van der Waals surface area contributed by atoms with Crippen LogP contribution in [0.3, 0.4) is 0 Å². The van der Waals surface area contributed by atoms with E-state index in [9.17, 15) is 24.3 Å². The summed E-state index contributed by atoms with van der Waals surface area (Å²) in [5, 5.41) is 9.77. The average Bonchev–Trinajstić information content (AvgIpc) is 3.12. The van der Waals surface area contributed by atoms with Crippen molar-refractivity contribution in [1.82, 2.24) is 9.13 Å². The lowest BCUT2D eigenvalue weighted by atomic mass is 9.84. The van der Waals surface area contributed by atoms with Gasteiger partial charge >= 0.3 is 11.7 Å². The van der Waals surface area contributed by atoms with E-state index in [-0.39, 0.29) is 11.1 Å². The number of hydrogen-bond donors (Lipinski definition) is 1. The van der Waals surface area contributed by atoms with Gasteiger partial charge in [-0.2, -0.15) is 4.57 Å². The zero-order valence-corrected chi connectivity index (χ0v) is 19.2. The van der Waals surface area contributed by atoms with Crippen LogP contribution in [-0.4, -0.2) is 44.2 Å². The number of alkyl halides is 1. The Labute approximate surface area is 204 Å². The molecular formula is C26H23FN2O7. The van der Waals surface area contributed by atoms with Gasteiger partial charge in [0, 0.05) is 17.8 Å². The highest BCUT2D eigenvalue weighted by Crippen LogP contribution is 2.52. The number of rotatable bonds is 6. The van der Waals surface area contributed by atoms with Crippen LogP contribution in [0, 0.1) is 5.92 Å². The Morgan fingerprint density at radius 1 is 1.08 bits per heavy atom. The van der Waals surface area contributed by atoms with Gasteiger partial charge in [-0.3, -0.25) is 14.2 Å². The molecule has 1 aromatic heterocycles. The lowest BCUT2D eigenvalue weighted by Gasteiger charge is -2.34. The second-order valence-electron chi connectivity index (χ2n) is 8.30. The molecule has 1 N–H and O–H groups in total. The fourth-order valence-electron chi connectivity index (χ4n) is 4.20. The Morgan fingerprint density at radius 2 is 1.67 bits per heavy atom. The first-order valence-corrected chi connectivity index (χ1v) is 11.0. The SMILES string of the molecule is C=C[C@]1(OC(=O)c2ccccc2)[C@H](n2ccc(=O)n(C(=O)c3ccccc3)c2=O)O[C@](F)(CO)[C@H]1C. The molecule has 36 heavy (non-hydrogen) atoms. The van der Waals surface area contributed by atoms with Crippen LogP contribution < -0.4 is 11.2 Å². The van der Waals surface area contributed by atoms with Crippen LogP contribution >= 0.6 is 0 Å². The van der Waals surface area contributed by atoms with Crippen molar-refractivity contribution in [2.24, 2.45) is 5.92 Å². The molecule has 0 bridgehead atoms. The monoisotopic (exact) mass is 494 g/mol. The number of hydrogen-bond acceptors (Lipinski definition) is 7. The molecule has 1 aliphatic rings. The molecule has 1 saturated heterocycles. The number of halogens is 1. The second kappa shape index (κ2) is 9.48. The smallest absolute Gasteiger partial charge is 0.340 e. The van der Waals surface area contributed by atoms with Crippen LogP contribution in [0.1, 0.15) is 33.9 Å².